The number of hydrogen-bond donors (Lipinski definition) is 1. The number of methoxy groups -OCH3 is 1. The Balaban J connectivity index is 1.80. The van der Waals surface area contributed by atoms with Gasteiger partial charge in [-0.3, -0.25) is 9.59 Å². The molecule has 0 spiro atoms. The average molecular weight is 402 g/mol. The van der Waals surface area contributed by atoms with Gasteiger partial charge >= 0.3 is 0 Å². The lowest BCUT2D eigenvalue weighted by Gasteiger charge is -2.12. The third kappa shape index (κ3) is 3.88. The van der Waals surface area contributed by atoms with Gasteiger partial charge in [-0.1, -0.05) is 35.9 Å². The fourth-order valence-corrected chi connectivity index (χ4v) is 3.23. The van der Waals surface area contributed by atoms with Crippen LogP contribution in [0, 0.1) is 6.92 Å². The molecule has 7 heteroatoms. The third-order valence-corrected chi connectivity index (χ3v) is 4.83. The number of fused-ring (bicyclic) bond motifs is 1. The molecule has 2 aliphatic heterocycles. The predicted octanol–water partition coefficient (Wildman–Crippen LogP) is 3.35. The second-order valence-electron chi connectivity index (χ2n) is 7.04. The van der Waals surface area contributed by atoms with Crippen molar-refractivity contribution in [2.75, 3.05) is 19.0 Å². The Labute approximate surface area is 173 Å². The van der Waals surface area contributed by atoms with Gasteiger partial charge in [-0.05, 0) is 31.2 Å². The number of nitrogens with zero attached hydrogens (tertiary/aromatic N) is 3. The molecule has 1 N–H and O–H groups in total. The molecule has 4 rings (SSSR count). The Hall–Kier alpha value is -3.71. The second kappa shape index (κ2) is 8.34. The van der Waals surface area contributed by atoms with E-state index in [1.165, 1.54) is 4.68 Å². The van der Waals surface area contributed by atoms with E-state index in [-0.39, 0.29) is 11.5 Å². The summed E-state index contributed by atoms with van der Waals surface area (Å²) in [5.41, 5.74) is 3.23. The number of pyridine rings is 1. The number of ether oxygens (including phenoxy) is 1. The van der Waals surface area contributed by atoms with E-state index in [0.29, 0.717) is 41.3 Å². The van der Waals surface area contributed by atoms with Crippen LogP contribution in [0.25, 0.3) is 16.9 Å². The number of carbonyl (C=O) groups excluding carboxylic acids is 1. The highest BCUT2D eigenvalue weighted by Crippen LogP contribution is 2.23. The van der Waals surface area contributed by atoms with Gasteiger partial charge in [0, 0.05) is 31.7 Å². The van der Waals surface area contributed by atoms with Crippen molar-refractivity contribution in [1.29, 1.82) is 0 Å². The summed E-state index contributed by atoms with van der Waals surface area (Å²) in [4.78, 5) is 26.1. The predicted molar refractivity (Wildman–Crippen MR) is 115 cm³/mol. The number of rotatable bonds is 6. The smallest absolute Gasteiger partial charge is 0.282 e. The number of anilines is 1. The lowest BCUT2D eigenvalue weighted by Crippen LogP contribution is -2.18. The molecule has 0 radical (unpaired) electrons. The molecule has 2 aromatic carbocycles. The highest BCUT2D eigenvalue weighted by Gasteiger charge is 2.24. The molecule has 0 unspecified atom stereocenters. The average Bonchev–Trinajstić information content (AvgIpc) is 3.10. The molecule has 0 bridgehead atoms. The van der Waals surface area contributed by atoms with Gasteiger partial charge in [-0.2, -0.15) is 9.78 Å². The van der Waals surface area contributed by atoms with Crippen LogP contribution in [-0.2, 0) is 11.3 Å². The van der Waals surface area contributed by atoms with E-state index in [2.05, 4.69) is 10.4 Å². The van der Waals surface area contributed by atoms with Gasteiger partial charge in [0.2, 0.25) is 0 Å². The Kier molecular flexibility index (Phi) is 5.45. The van der Waals surface area contributed by atoms with Crippen LogP contribution >= 0.6 is 0 Å². The van der Waals surface area contributed by atoms with Gasteiger partial charge in [0.1, 0.15) is 5.69 Å². The monoisotopic (exact) mass is 402 g/mol. The van der Waals surface area contributed by atoms with Crippen LogP contribution in [0.2, 0.25) is 0 Å². The summed E-state index contributed by atoms with van der Waals surface area (Å²) < 4.78 is 8.26. The minimum absolute atomic E-state index is 0.271. The van der Waals surface area contributed by atoms with Crippen LogP contribution < -0.4 is 10.9 Å². The van der Waals surface area contributed by atoms with E-state index in [0.717, 1.165) is 5.56 Å². The molecule has 0 saturated heterocycles. The first-order valence-corrected chi connectivity index (χ1v) is 9.62. The molecule has 30 heavy (non-hydrogen) atoms. The van der Waals surface area contributed by atoms with E-state index >= 15 is 0 Å². The van der Waals surface area contributed by atoms with Crippen molar-refractivity contribution in [3.63, 3.8) is 0 Å². The van der Waals surface area contributed by atoms with Crippen molar-refractivity contribution in [1.82, 2.24) is 14.3 Å². The van der Waals surface area contributed by atoms with Gasteiger partial charge < -0.3 is 14.6 Å². The molecular formula is C23H22N4O3. The molecule has 0 atom stereocenters. The molecule has 1 amide bonds. The first kappa shape index (κ1) is 19.6. The molecule has 2 aromatic rings. The van der Waals surface area contributed by atoms with E-state index in [1.807, 2.05) is 49.4 Å². The van der Waals surface area contributed by atoms with E-state index in [9.17, 15) is 9.59 Å². The van der Waals surface area contributed by atoms with Crippen molar-refractivity contribution >= 4 is 11.6 Å². The molecule has 0 aliphatic carbocycles. The molecule has 2 aliphatic rings. The van der Waals surface area contributed by atoms with Gasteiger partial charge in [0.25, 0.3) is 11.5 Å². The van der Waals surface area contributed by atoms with Gasteiger partial charge in [-0.25, -0.2) is 0 Å². The summed E-state index contributed by atoms with van der Waals surface area (Å²) in [6.45, 7) is 2.94. The van der Waals surface area contributed by atoms with Crippen LogP contribution in [-0.4, -0.2) is 34.0 Å². The minimum Gasteiger partial charge on any atom is -0.383 e. The number of aromatic nitrogens is 3. The lowest BCUT2D eigenvalue weighted by molar-refractivity contribution is 0.102. The maximum Gasteiger partial charge on any atom is 0.282 e. The number of para-hydroxylation sites is 1. The number of hydrogen-bond acceptors (Lipinski definition) is 4. The maximum atomic E-state index is 13.1. The number of carbonyl (C=O) groups is 1. The van der Waals surface area contributed by atoms with Crippen molar-refractivity contribution in [2.45, 2.75) is 13.5 Å². The van der Waals surface area contributed by atoms with Gasteiger partial charge in [0.15, 0.2) is 0 Å². The standard InChI is InChI=1S/C23H22N4O3/c1-16-8-10-17(11-9-16)24-22(28)19-14-26(12-13-30-2)15-20-21(19)25-27(23(20)29)18-6-4-3-5-7-18/h3-11,14-15H,12-13H2,1-2H3,(H,24,28). The minimum atomic E-state index is -0.326. The fraction of sp³-hybridized carbons (Fsp3) is 0.174. The van der Waals surface area contributed by atoms with Crippen LogP contribution in [0.5, 0.6) is 0 Å². The van der Waals surface area contributed by atoms with E-state index in [4.69, 9.17) is 4.74 Å². The normalized spacial score (nSPS) is 11.0. The summed E-state index contributed by atoms with van der Waals surface area (Å²) in [6, 6.07) is 16.7. The number of nitrogens with one attached hydrogen (secondary N) is 1. The SMILES string of the molecule is COCCn1cc(C(=O)Nc2ccc(C)cc2)c2nn(-c3ccccc3)c(=O)c-2c1. The maximum absolute atomic E-state index is 13.1. The van der Waals surface area contributed by atoms with E-state index < -0.39 is 0 Å². The Morgan fingerprint density at radius 3 is 2.50 bits per heavy atom. The summed E-state index contributed by atoms with van der Waals surface area (Å²) in [6.07, 6.45) is 3.42. The number of aryl methyl sites for hydroxylation is 1. The number of benzene rings is 2. The largest absolute Gasteiger partial charge is 0.383 e. The van der Waals surface area contributed by atoms with Crippen molar-refractivity contribution in [3.05, 3.63) is 88.5 Å². The first-order chi connectivity index (χ1) is 14.6. The van der Waals surface area contributed by atoms with Crippen LogP contribution in [0.1, 0.15) is 15.9 Å². The Bertz CT molecular complexity index is 1190. The molecule has 0 saturated carbocycles. The number of amides is 1. The highest BCUT2D eigenvalue weighted by molar-refractivity contribution is 6.08. The second-order valence-corrected chi connectivity index (χ2v) is 7.04. The molecule has 152 valence electrons. The molecule has 7 nitrogen and oxygen atoms in total. The van der Waals surface area contributed by atoms with Crippen LogP contribution in [0.15, 0.2) is 71.8 Å². The molecular weight excluding hydrogens is 380 g/mol. The fourth-order valence-electron chi connectivity index (χ4n) is 3.23. The van der Waals surface area contributed by atoms with Crippen molar-refractivity contribution in [2.24, 2.45) is 0 Å². The zero-order valence-corrected chi connectivity index (χ0v) is 16.8. The van der Waals surface area contributed by atoms with E-state index in [1.54, 1.807) is 36.2 Å². The van der Waals surface area contributed by atoms with Gasteiger partial charge in [0.05, 0.1) is 23.4 Å². The topological polar surface area (TPSA) is 78.2 Å². The zero-order valence-electron chi connectivity index (χ0n) is 16.8. The molecule has 0 fully saturated rings. The van der Waals surface area contributed by atoms with Crippen LogP contribution in [0.4, 0.5) is 5.69 Å². The lowest BCUT2D eigenvalue weighted by atomic mass is 10.1. The first-order valence-electron chi connectivity index (χ1n) is 9.62. The quantitative estimate of drug-likeness (QED) is 0.537. The summed E-state index contributed by atoms with van der Waals surface area (Å²) in [7, 11) is 1.61. The molecule has 0 aromatic heterocycles. The summed E-state index contributed by atoms with van der Waals surface area (Å²) in [5, 5.41) is 7.37. The van der Waals surface area contributed by atoms with Gasteiger partial charge in [-0.15, -0.1) is 0 Å². The van der Waals surface area contributed by atoms with Crippen LogP contribution in [0.3, 0.4) is 0 Å². The summed E-state index contributed by atoms with van der Waals surface area (Å²) in [5.74, 6) is -0.326. The Morgan fingerprint density at radius 1 is 1.07 bits per heavy atom. The summed E-state index contributed by atoms with van der Waals surface area (Å²) >= 11 is 0. The molecule has 2 heterocycles. The Morgan fingerprint density at radius 2 is 1.80 bits per heavy atom. The van der Waals surface area contributed by atoms with Crippen molar-refractivity contribution < 1.29 is 9.53 Å². The highest BCUT2D eigenvalue weighted by atomic mass is 16.5. The third-order valence-electron chi connectivity index (χ3n) is 4.83. The zero-order chi connectivity index (χ0) is 21.1. The van der Waals surface area contributed by atoms with Crippen molar-refractivity contribution in [3.8, 4) is 16.9 Å².